The smallest absolute Gasteiger partial charge is 0.264 e. The molecule has 0 saturated heterocycles. The normalized spacial score (nSPS) is 12.7. The van der Waals surface area contributed by atoms with Gasteiger partial charge in [-0.3, -0.25) is 9.10 Å². The zero-order chi connectivity index (χ0) is 24.2. The molecule has 33 heavy (non-hydrogen) atoms. The Hall–Kier alpha value is -2.69. The Bertz CT molecular complexity index is 1340. The Morgan fingerprint density at radius 2 is 1.55 bits per heavy atom. The van der Waals surface area contributed by atoms with E-state index in [9.17, 15) is 21.6 Å². The molecule has 0 saturated carbocycles. The molecule has 10 heteroatoms. The van der Waals surface area contributed by atoms with Gasteiger partial charge in [-0.1, -0.05) is 52.3 Å². The lowest BCUT2D eigenvalue weighted by Gasteiger charge is -2.25. The fourth-order valence-corrected chi connectivity index (χ4v) is 5.62. The van der Waals surface area contributed by atoms with Crippen molar-refractivity contribution in [2.24, 2.45) is 0 Å². The number of carbonyl (C=O) groups excluding carboxylic acids is 1. The average molecular weight is 551 g/mol. The Kier molecular flexibility index (Phi) is 7.61. The van der Waals surface area contributed by atoms with Crippen molar-refractivity contribution in [2.75, 3.05) is 17.1 Å². The Labute approximate surface area is 202 Å². The number of sulfone groups is 1. The highest BCUT2D eigenvalue weighted by Gasteiger charge is 2.27. The number of sulfonamides is 1. The maximum atomic E-state index is 13.3. The van der Waals surface area contributed by atoms with E-state index in [0.29, 0.717) is 15.7 Å². The van der Waals surface area contributed by atoms with E-state index in [2.05, 4.69) is 21.2 Å². The molecule has 0 aliphatic heterocycles. The molecule has 0 spiro atoms. The van der Waals surface area contributed by atoms with E-state index in [-0.39, 0.29) is 9.79 Å². The number of carbonyl (C=O) groups is 1. The number of anilines is 1. The van der Waals surface area contributed by atoms with Crippen LogP contribution in [0.5, 0.6) is 0 Å². The van der Waals surface area contributed by atoms with Gasteiger partial charge >= 0.3 is 0 Å². The Morgan fingerprint density at radius 1 is 0.909 bits per heavy atom. The first-order valence-corrected chi connectivity index (χ1v) is 14.0. The predicted octanol–water partition coefficient (Wildman–Crippen LogP) is 3.93. The van der Waals surface area contributed by atoms with Gasteiger partial charge in [0, 0.05) is 10.7 Å². The second-order valence-corrected chi connectivity index (χ2v) is 12.2. The molecule has 3 rings (SSSR count). The van der Waals surface area contributed by atoms with Gasteiger partial charge in [0.25, 0.3) is 10.0 Å². The maximum absolute atomic E-state index is 13.3. The second kappa shape index (κ2) is 10.1. The Balaban J connectivity index is 1.85. The summed E-state index contributed by atoms with van der Waals surface area (Å²) in [5.74, 6) is -0.505. The summed E-state index contributed by atoms with van der Waals surface area (Å²) >= 11 is 3.35. The van der Waals surface area contributed by atoms with Crippen LogP contribution in [0.2, 0.25) is 0 Å². The van der Waals surface area contributed by atoms with Crippen molar-refractivity contribution in [3.05, 3.63) is 88.9 Å². The molecule has 0 bridgehead atoms. The van der Waals surface area contributed by atoms with Gasteiger partial charge in [-0.05, 0) is 55.0 Å². The van der Waals surface area contributed by atoms with Crippen LogP contribution in [-0.2, 0) is 24.7 Å². The van der Waals surface area contributed by atoms with E-state index in [1.54, 1.807) is 61.5 Å². The van der Waals surface area contributed by atoms with Gasteiger partial charge in [-0.2, -0.15) is 0 Å². The fraction of sp³-hybridized carbons (Fsp3) is 0.174. The highest BCUT2D eigenvalue weighted by molar-refractivity contribution is 9.10. The first kappa shape index (κ1) is 24.9. The number of nitrogens with zero attached hydrogens (tertiary/aromatic N) is 1. The SMILES string of the molecule is C[C@H](NC(=O)CN(c1cccc(Br)c1)S(=O)(=O)c1ccccc1)c1ccc(S(C)(=O)=O)cc1. The van der Waals surface area contributed by atoms with E-state index in [4.69, 9.17) is 0 Å². The first-order valence-electron chi connectivity index (χ1n) is 9.91. The summed E-state index contributed by atoms with van der Waals surface area (Å²) in [4.78, 5) is 13.1. The highest BCUT2D eigenvalue weighted by atomic mass is 79.9. The van der Waals surface area contributed by atoms with E-state index in [1.165, 1.54) is 24.3 Å². The second-order valence-electron chi connectivity index (χ2n) is 7.44. The summed E-state index contributed by atoms with van der Waals surface area (Å²) in [7, 11) is -7.33. The summed E-state index contributed by atoms with van der Waals surface area (Å²) in [5.41, 5.74) is 1.03. The lowest BCUT2D eigenvalue weighted by atomic mass is 10.1. The molecule has 0 unspecified atom stereocenters. The van der Waals surface area contributed by atoms with Crippen molar-refractivity contribution < 1.29 is 21.6 Å². The molecule has 3 aromatic rings. The third kappa shape index (κ3) is 6.21. The molecule has 0 aromatic heterocycles. The Morgan fingerprint density at radius 3 is 2.12 bits per heavy atom. The van der Waals surface area contributed by atoms with Gasteiger partial charge in [-0.25, -0.2) is 16.8 Å². The lowest BCUT2D eigenvalue weighted by molar-refractivity contribution is -0.120. The summed E-state index contributed by atoms with van der Waals surface area (Å²) in [6.45, 7) is 1.31. The van der Waals surface area contributed by atoms with E-state index < -0.39 is 38.4 Å². The maximum Gasteiger partial charge on any atom is 0.264 e. The largest absolute Gasteiger partial charge is 0.348 e. The van der Waals surface area contributed by atoms with E-state index in [1.807, 2.05) is 0 Å². The molecule has 174 valence electrons. The van der Waals surface area contributed by atoms with Gasteiger partial charge in [-0.15, -0.1) is 0 Å². The van der Waals surface area contributed by atoms with Gasteiger partial charge in [0.15, 0.2) is 9.84 Å². The van der Waals surface area contributed by atoms with Gasteiger partial charge in [0.05, 0.1) is 21.5 Å². The minimum atomic E-state index is -4.00. The summed E-state index contributed by atoms with van der Waals surface area (Å²) in [6.07, 6.45) is 1.12. The number of halogens is 1. The van der Waals surface area contributed by atoms with Crippen LogP contribution in [0, 0.1) is 0 Å². The summed E-state index contributed by atoms with van der Waals surface area (Å²) < 4.78 is 51.7. The number of nitrogens with one attached hydrogen (secondary N) is 1. The molecular formula is C23H23BrN2O5S2. The minimum absolute atomic E-state index is 0.0715. The van der Waals surface area contributed by atoms with Crippen molar-refractivity contribution in [3.8, 4) is 0 Å². The van der Waals surface area contributed by atoms with Crippen LogP contribution in [0.25, 0.3) is 0 Å². The third-order valence-corrected chi connectivity index (χ3v) is 8.31. The van der Waals surface area contributed by atoms with Crippen LogP contribution in [0.4, 0.5) is 5.69 Å². The fourth-order valence-electron chi connectivity index (χ4n) is 3.17. The molecule has 0 radical (unpaired) electrons. The van der Waals surface area contributed by atoms with Gasteiger partial charge in [0.2, 0.25) is 5.91 Å². The third-order valence-electron chi connectivity index (χ3n) is 4.90. The molecule has 3 aromatic carbocycles. The van der Waals surface area contributed by atoms with Crippen molar-refractivity contribution in [3.63, 3.8) is 0 Å². The first-order chi connectivity index (χ1) is 15.5. The number of benzene rings is 3. The van der Waals surface area contributed by atoms with Crippen LogP contribution < -0.4 is 9.62 Å². The van der Waals surface area contributed by atoms with Gasteiger partial charge in [0.1, 0.15) is 6.54 Å². The molecule has 0 heterocycles. The molecule has 1 amide bonds. The van der Waals surface area contributed by atoms with Crippen molar-refractivity contribution in [1.29, 1.82) is 0 Å². The number of hydrogen-bond donors (Lipinski definition) is 1. The predicted molar refractivity (Wildman–Crippen MR) is 131 cm³/mol. The lowest BCUT2D eigenvalue weighted by Crippen LogP contribution is -2.41. The monoisotopic (exact) mass is 550 g/mol. The minimum Gasteiger partial charge on any atom is -0.348 e. The van der Waals surface area contributed by atoms with Crippen LogP contribution >= 0.6 is 15.9 Å². The van der Waals surface area contributed by atoms with E-state index >= 15 is 0 Å². The van der Waals surface area contributed by atoms with Crippen LogP contribution in [0.15, 0.2) is 93.1 Å². The highest BCUT2D eigenvalue weighted by Crippen LogP contribution is 2.26. The van der Waals surface area contributed by atoms with Crippen molar-refractivity contribution >= 4 is 47.4 Å². The molecule has 0 aliphatic rings. The molecule has 0 aliphatic carbocycles. The molecular weight excluding hydrogens is 528 g/mol. The zero-order valence-corrected chi connectivity index (χ0v) is 21.2. The molecule has 7 nitrogen and oxygen atoms in total. The quantitative estimate of drug-likeness (QED) is 0.458. The number of hydrogen-bond acceptors (Lipinski definition) is 5. The van der Waals surface area contributed by atoms with Crippen molar-refractivity contribution in [2.45, 2.75) is 22.8 Å². The van der Waals surface area contributed by atoms with Crippen LogP contribution in [0.3, 0.4) is 0 Å². The molecule has 1 N–H and O–H groups in total. The average Bonchev–Trinajstić information content (AvgIpc) is 2.77. The van der Waals surface area contributed by atoms with E-state index in [0.717, 1.165) is 10.6 Å². The summed E-state index contributed by atoms with van der Waals surface area (Å²) in [5, 5.41) is 2.79. The topological polar surface area (TPSA) is 101 Å². The molecule has 0 fully saturated rings. The van der Waals surface area contributed by atoms with Crippen LogP contribution in [-0.4, -0.2) is 35.5 Å². The molecule has 1 atom stereocenters. The standard InChI is InChI=1S/C23H23BrN2O5S2/c1-17(18-11-13-21(14-12-18)32(2,28)29)25-23(27)16-26(20-8-6-7-19(24)15-20)33(30,31)22-9-4-3-5-10-22/h3-15,17H,16H2,1-2H3,(H,25,27)/t17-/m0/s1. The number of amides is 1. The summed E-state index contributed by atoms with van der Waals surface area (Å²) in [6, 6.07) is 20.3. The van der Waals surface area contributed by atoms with Gasteiger partial charge < -0.3 is 5.32 Å². The van der Waals surface area contributed by atoms with Crippen LogP contribution in [0.1, 0.15) is 18.5 Å². The number of rotatable bonds is 8. The van der Waals surface area contributed by atoms with Crippen molar-refractivity contribution in [1.82, 2.24) is 5.32 Å². The zero-order valence-electron chi connectivity index (χ0n) is 18.0.